The van der Waals surface area contributed by atoms with Crippen molar-refractivity contribution in [3.8, 4) is 5.75 Å². The number of hydrogen-bond donors (Lipinski definition) is 2. The van der Waals surface area contributed by atoms with Crippen molar-refractivity contribution in [3.05, 3.63) is 58.7 Å². The maximum Gasteiger partial charge on any atom is 0.319 e. The van der Waals surface area contributed by atoms with E-state index in [1.165, 1.54) is 16.7 Å². The van der Waals surface area contributed by atoms with Gasteiger partial charge in [-0.2, -0.15) is 0 Å². The lowest BCUT2D eigenvalue weighted by Gasteiger charge is -2.19. The van der Waals surface area contributed by atoms with E-state index in [9.17, 15) is 4.79 Å². The zero-order valence-electron chi connectivity index (χ0n) is 14.4. The van der Waals surface area contributed by atoms with E-state index in [-0.39, 0.29) is 12.1 Å². The molecular formula is C19H24N2O2. The van der Waals surface area contributed by atoms with Gasteiger partial charge < -0.3 is 15.4 Å². The van der Waals surface area contributed by atoms with Gasteiger partial charge in [0.1, 0.15) is 5.75 Å². The molecule has 4 heteroatoms. The first kappa shape index (κ1) is 16.9. The molecule has 23 heavy (non-hydrogen) atoms. The molecule has 0 heterocycles. The van der Waals surface area contributed by atoms with Gasteiger partial charge in [-0.25, -0.2) is 4.79 Å². The molecule has 0 aromatic heterocycles. The Morgan fingerprint density at radius 1 is 1.04 bits per heavy atom. The average molecular weight is 312 g/mol. The summed E-state index contributed by atoms with van der Waals surface area (Å²) in [6.07, 6.45) is 0. The first-order valence-corrected chi connectivity index (χ1v) is 7.70. The fourth-order valence-electron chi connectivity index (χ4n) is 2.59. The van der Waals surface area contributed by atoms with Gasteiger partial charge in [-0.3, -0.25) is 0 Å². The summed E-state index contributed by atoms with van der Waals surface area (Å²) in [5.74, 6) is 0.709. The van der Waals surface area contributed by atoms with Crippen LogP contribution in [-0.2, 0) is 0 Å². The number of carbonyl (C=O) groups excluding carboxylic acids is 1. The molecule has 4 nitrogen and oxygen atoms in total. The quantitative estimate of drug-likeness (QED) is 0.873. The number of amides is 2. The Balaban J connectivity index is 2.06. The number of ether oxygens (including phenoxy) is 1. The molecule has 0 bridgehead atoms. The maximum atomic E-state index is 12.2. The summed E-state index contributed by atoms with van der Waals surface area (Å²) >= 11 is 0. The normalized spacial score (nSPS) is 11.7. The van der Waals surface area contributed by atoms with Gasteiger partial charge in [0.15, 0.2) is 0 Å². The summed E-state index contributed by atoms with van der Waals surface area (Å²) in [6.45, 7) is 8.24. The van der Waals surface area contributed by atoms with Gasteiger partial charge in [-0.05, 0) is 62.1 Å². The topological polar surface area (TPSA) is 50.4 Å². The predicted octanol–water partition coefficient (Wildman–Crippen LogP) is 4.50. The monoisotopic (exact) mass is 312 g/mol. The van der Waals surface area contributed by atoms with Gasteiger partial charge in [-0.1, -0.05) is 18.2 Å². The van der Waals surface area contributed by atoms with E-state index in [0.29, 0.717) is 11.4 Å². The molecule has 2 rings (SSSR count). The van der Waals surface area contributed by atoms with Crippen molar-refractivity contribution < 1.29 is 9.53 Å². The highest BCUT2D eigenvalue weighted by atomic mass is 16.5. The van der Waals surface area contributed by atoms with Crippen LogP contribution in [0.5, 0.6) is 5.75 Å². The van der Waals surface area contributed by atoms with Crippen LogP contribution < -0.4 is 15.4 Å². The van der Waals surface area contributed by atoms with Crippen LogP contribution in [0.25, 0.3) is 0 Å². The molecule has 1 unspecified atom stereocenters. The lowest BCUT2D eigenvalue weighted by atomic mass is 9.97. The Labute approximate surface area is 137 Å². The highest BCUT2D eigenvalue weighted by molar-refractivity contribution is 5.89. The number of benzene rings is 2. The highest BCUT2D eigenvalue weighted by Crippen LogP contribution is 2.22. The van der Waals surface area contributed by atoms with Crippen LogP contribution in [0.1, 0.15) is 35.2 Å². The molecule has 2 N–H and O–H groups in total. The van der Waals surface area contributed by atoms with Crippen LogP contribution in [0.3, 0.4) is 0 Å². The van der Waals surface area contributed by atoms with Crippen molar-refractivity contribution in [1.82, 2.24) is 5.32 Å². The van der Waals surface area contributed by atoms with E-state index in [0.717, 1.165) is 5.56 Å². The predicted molar refractivity (Wildman–Crippen MR) is 94.2 cm³/mol. The first-order valence-electron chi connectivity index (χ1n) is 7.70. The van der Waals surface area contributed by atoms with Crippen LogP contribution in [0.4, 0.5) is 10.5 Å². The Kier molecular flexibility index (Phi) is 5.27. The van der Waals surface area contributed by atoms with Crippen molar-refractivity contribution in [3.63, 3.8) is 0 Å². The maximum absolute atomic E-state index is 12.2. The fraction of sp³-hybridized carbons (Fsp3) is 0.316. The van der Waals surface area contributed by atoms with Gasteiger partial charge in [0.25, 0.3) is 0 Å². The standard InChI is InChI=1S/C19H24N2O2/c1-12-9-14(3)18(10-13(12)2)15(4)20-19(22)21-16-7-6-8-17(11-16)23-5/h6-11,15H,1-5H3,(H2,20,21,22). The third kappa shape index (κ3) is 4.25. The van der Waals surface area contributed by atoms with Gasteiger partial charge >= 0.3 is 6.03 Å². The minimum absolute atomic E-state index is 0.0695. The number of nitrogens with one attached hydrogen (secondary N) is 2. The minimum Gasteiger partial charge on any atom is -0.497 e. The molecular weight excluding hydrogens is 288 g/mol. The third-order valence-corrected chi connectivity index (χ3v) is 4.02. The van der Waals surface area contributed by atoms with E-state index in [1.54, 1.807) is 13.2 Å². The van der Waals surface area contributed by atoms with Crippen LogP contribution in [0.15, 0.2) is 36.4 Å². The molecule has 0 aliphatic heterocycles. The first-order chi connectivity index (χ1) is 10.9. The van der Waals surface area contributed by atoms with Gasteiger partial charge in [0.05, 0.1) is 13.2 Å². The molecule has 0 saturated heterocycles. The van der Waals surface area contributed by atoms with Crippen molar-refractivity contribution >= 4 is 11.7 Å². The number of urea groups is 1. The van der Waals surface area contributed by atoms with Gasteiger partial charge in [0.2, 0.25) is 0 Å². The molecule has 0 aliphatic carbocycles. The van der Waals surface area contributed by atoms with Gasteiger partial charge in [-0.15, -0.1) is 0 Å². The van der Waals surface area contributed by atoms with Crippen LogP contribution >= 0.6 is 0 Å². The van der Waals surface area contributed by atoms with E-state index in [4.69, 9.17) is 4.74 Å². The Bertz CT molecular complexity index is 711. The van der Waals surface area contributed by atoms with E-state index < -0.39 is 0 Å². The number of methoxy groups -OCH3 is 1. The summed E-state index contributed by atoms with van der Waals surface area (Å²) in [5, 5.41) is 5.81. The van der Waals surface area contributed by atoms with E-state index >= 15 is 0 Å². The van der Waals surface area contributed by atoms with Crippen LogP contribution in [-0.4, -0.2) is 13.1 Å². The van der Waals surface area contributed by atoms with Crippen LogP contribution in [0.2, 0.25) is 0 Å². The largest absolute Gasteiger partial charge is 0.497 e. The number of hydrogen-bond acceptors (Lipinski definition) is 2. The number of anilines is 1. The van der Waals surface area contributed by atoms with Gasteiger partial charge in [0, 0.05) is 11.8 Å². The Morgan fingerprint density at radius 2 is 1.74 bits per heavy atom. The molecule has 0 radical (unpaired) electrons. The van der Waals surface area contributed by atoms with Crippen LogP contribution in [0, 0.1) is 20.8 Å². The summed E-state index contributed by atoms with van der Waals surface area (Å²) in [5.41, 5.74) is 5.51. The molecule has 0 saturated carbocycles. The summed E-state index contributed by atoms with van der Waals surface area (Å²) in [6, 6.07) is 11.3. The molecule has 2 aromatic rings. The summed E-state index contributed by atoms with van der Waals surface area (Å²) < 4.78 is 5.16. The summed E-state index contributed by atoms with van der Waals surface area (Å²) in [4.78, 5) is 12.2. The molecule has 122 valence electrons. The minimum atomic E-state index is -0.233. The van der Waals surface area contributed by atoms with E-state index in [1.807, 2.05) is 25.1 Å². The average Bonchev–Trinajstić information content (AvgIpc) is 2.50. The fourth-order valence-corrected chi connectivity index (χ4v) is 2.59. The highest BCUT2D eigenvalue weighted by Gasteiger charge is 2.13. The second-order valence-electron chi connectivity index (χ2n) is 5.85. The molecule has 0 fully saturated rings. The zero-order valence-corrected chi connectivity index (χ0v) is 14.4. The van der Waals surface area contributed by atoms with Crippen molar-refractivity contribution in [2.45, 2.75) is 33.7 Å². The number of aryl methyl sites for hydroxylation is 3. The van der Waals surface area contributed by atoms with Crippen molar-refractivity contribution in [2.24, 2.45) is 0 Å². The third-order valence-electron chi connectivity index (χ3n) is 4.02. The van der Waals surface area contributed by atoms with Crippen molar-refractivity contribution in [2.75, 3.05) is 12.4 Å². The number of carbonyl (C=O) groups is 1. The van der Waals surface area contributed by atoms with Crippen molar-refractivity contribution in [1.29, 1.82) is 0 Å². The second kappa shape index (κ2) is 7.18. The Morgan fingerprint density at radius 3 is 2.43 bits per heavy atom. The molecule has 1 atom stereocenters. The van der Waals surface area contributed by atoms with E-state index in [2.05, 4.69) is 43.5 Å². The lowest BCUT2D eigenvalue weighted by molar-refractivity contribution is 0.249. The number of rotatable bonds is 4. The summed E-state index contributed by atoms with van der Waals surface area (Å²) in [7, 11) is 1.60. The lowest BCUT2D eigenvalue weighted by Crippen LogP contribution is -2.31. The molecule has 0 spiro atoms. The smallest absolute Gasteiger partial charge is 0.319 e. The molecule has 2 amide bonds. The molecule has 0 aliphatic rings. The second-order valence-corrected chi connectivity index (χ2v) is 5.85. The zero-order chi connectivity index (χ0) is 17.0. The molecule has 2 aromatic carbocycles. The SMILES string of the molecule is COc1cccc(NC(=O)NC(C)c2cc(C)c(C)cc2C)c1. The Hall–Kier alpha value is -2.49.